The van der Waals surface area contributed by atoms with Crippen LogP contribution in [-0.4, -0.2) is 16.3 Å². The number of hydrogen-bond acceptors (Lipinski definition) is 2. The summed E-state index contributed by atoms with van der Waals surface area (Å²) in [5, 5.41) is 7.16. The monoisotopic (exact) mass is 303 g/mol. The first-order valence-electron chi connectivity index (χ1n) is 6.01. The van der Waals surface area contributed by atoms with Gasteiger partial charge in [-0.1, -0.05) is 18.5 Å². The molecule has 7 heteroatoms. The molecule has 2 rings (SSSR count). The first-order chi connectivity index (χ1) is 9.45. The van der Waals surface area contributed by atoms with Crippen LogP contribution in [-0.2, 0) is 7.05 Å². The minimum Gasteiger partial charge on any atom is -0.305 e. The molecule has 1 aromatic heterocycles. The van der Waals surface area contributed by atoms with Crippen LogP contribution in [0.15, 0.2) is 18.3 Å². The highest BCUT2D eigenvalue weighted by atomic mass is 35.5. The fourth-order valence-electron chi connectivity index (χ4n) is 2.11. The van der Waals surface area contributed by atoms with Gasteiger partial charge in [-0.15, -0.1) is 0 Å². The molecular formula is C13H13ClF3N3. The lowest BCUT2D eigenvalue weighted by Gasteiger charge is -2.20. The molecule has 1 N–H and O–H groups in total. The first kappa shape index (κ1) is 14.9. The molecule has 0 aliphatic rings. The molecule has 0 aliphatic carbocycles. The van der Waals surface area contributed by atoms with Gasteiger partial charge >= 0.3 is 0 Å². The van der Waals surface area contributed by atoms with E-state index in [-0.39, 0.29) is 10.6 Å². The minimum absolute atomic E-state index is 0.279. The Morgan fingerprint density at radius 1 is 1.30 bits per heavy atom. The summed E-state index contributed by atoms with van der Waals surface area (Å²) in [6, 6.07) is 0.445. The van der Waals surface area contributed by atoms with Gasteiger partial charge in [-0.25, -0.2) is 13.2 Å². The standard InChI is InChI=1S/C13H13ClF3N3/c1-3-18-12(13-8(14)6-19-20(13)2)11-9(16)4-7(15)5-10(11)17/h4-6,12,18H,3H2,1-2H3. The van der Waals surface area contributed by atoms with Crippen LogP contribution in [0.4, 0.5) is 13.2 Å². The van der Waals surface area contributed by atoms with Crippen LogP contribution >= 0.6 is 11.6 Å². The zero-order valence-corrected chi connectivity index (χ0v) is 11.7. The van der Waals surface area contributed by atoms with Crippen molar-refractivity contribution in [2.75, 3.05) is 6.54 Å². The minimum atomic E-state index is -0.967. The number of aryl methyl sites for hydroxylation is 1. The Balaban J connectivity index is 2.61. The number of aromatic nitrogens is 2. The summed E-state index contributed by atoms with van der Waals surface area (Å²) in [4.78, 5) is 0. The normalized spacial score (nSPS) is 12.7. The highest BCUT2D eigenvalue weighted by Gasteiger charge is 2.26. The van der Waals surface area contributed by atoms with Gasteiger partial charge in [0.15, 0.2) is 0 Å². The SMILES string of the molecule is CCNC(c1c(F)cc(F)cc1F)c1c(Cl)cnn1C. The van der Waals surface area contributed by atoms with E-state index < -0.39 is 23.5 Å². The van der Waals surface area contributed by atoms with E-state index in [1.54, 1.807) is 14.0 Å². The van der Waals surface area contributed by atoms with Gasteiger partial charge in [-0.05, 0) is 6.54 Å². The molecule has 1 heterocycles. The second-order valence-electron chi connectivity index (χ2n) is 4.28. The Morgan fingerprint density at radius 2 is 1.90 bits per heavy atom. The van der Waals surface area contributed by atoms with Gasteiger partial charge in [0, 0.05) is 24.7 Å². The maximum Gasteiger partial charge on any atom is 0.134 e. The number of benzene rings is 1. The van der Waals surface area contributed by atoms with Crippen molar-refractivity contribution in [1.82, 2.24) is 15.1 Å². The largest absolute Gasteiger partial charge is 0.305 e. The van der Waals surface area contributed by atoms with Crippen molar-refractivity contribution >= 4 is 11.6 Å². The molecule has 1 unspecified atom stereocenters. The average Bonchev–Trinajstić information content (AvgIpc) is 2.67. The van der Waals surface area contributed by atoms with Crippen LogP contribution in [0.25, 0.3) is 0 Å². The Kier molecular flexibility index (Phi) is 4.35. The quantitative estimate of drug-likeness (QED) is 0.940. The molecule has 0 amide bonds. The van der Waals surface area contributed by atoms with E-state index in [1.807, 2.05) is 0 Å². The van der Waals surface area contributed by atoms with Crippen LogP contribution < -0.4 is 5.32 Å². The van der Waals surface area contributed by atoms with Crippen molar-refractivity contribution in [1.29, 1.82) is 0 Å². The zero-order valence-electron chi connectivity index (χ0n) is 10.9. The molecular weight excluding hydrogens is 291 g/mol. The predicted octanol–water partition coefficient (Wildman–Crippen LogP) is 3.19. The summed E-state index contributed by atoms with van der Waals surface area (Å²) in [5.74, 6) is -2.90. The highest BCUT2D eigenvalue weighted by Crippen LogP contribution is 2.31. The molecule has 20 heavy (non-hydrogen) atoms. The maximum absolute atomic E-state index is 13.9. The van der Waals surface area contributed by atoms with Crippen LogP contribution in [0.5, 0.6) is 0 Å². The zero-order chi connectivity index (χ0) is 14.9. The number of rotatable bonds is 4. The highest BCUT2D eigenvalue weighted by molar-refractivity contribution is 6.31. The third kappa shape index (κ3) is 2.66. The number of halogens is 4. The summed E-state index contributed by atoms with van der Waals surface area (Å²) < 4.78 is 42.3. The lowest BCUT2D eigenvalue weighted by molar-refractivity contribution is 0.479. The first-order valence-corrected chi connectivity index (χ1v) is 6.38. The van der Waals surface area contributed by atoms with Crippen molar-refractivity contribution in [3.63, 3.8) is 0 Å². The Hall–Kier alpha value is -1.53. The average molecular weight is 304 g/mol. The summed E-state index contributed by atoms with van der Waals surface area (Å²) in [5.41, 5.74) is 0.136. The summed E-state index contributed by atoms with van der Waals surface area (Å²) in [6.45, 7) is 2.24. The predicted molar refractivity (Wildman–Crippen MR) is 70.1 cm³/mol. The van der Waals surface area contributed by atoms with Gasteiger partial charge in [-0.2, -0.15) is 5.10 Å². The van der Waals surface area contributed by atoms with E-state index >= 15 is 0 Å². The van der Waals surface area contributed by atoms with Gasteiger partial charge < -0.3 is 5.32 Å². The maximum atomic E-state index is 13.9. The third-order valence-electron chi connectivity index (χ3n) is 2.95. The molecule has 108 valence electrons. The number of hydrogen-bond donors (Lipinski definition) is 1. The molecule has 0 bridgehead atoms. The van der Waals surface area contributed by atoms with E-state index in [2.05, 4.69) is 10.4 Å². The van der Waals surface area contributed by atoms with E-state index in [0.29, 0.717) is 24.4 Å². The lowest BCUT2D eigenvalue weighted by atomic mass is 10.0. The van der Waals surface area contributed by atoms with E-state index in [4.69, 9.17) is 11.6 Å². The van der Waals surface area contributed by atoms with Crippen LogP contribution in [0.1, 0.15) is 24.2 Å². The summed E-state index contributed by atoms with van der Waals surface area (Å²) in [6.07, 6.45) is 1.39. The molecule has 0 aliphatic heterocycles. The molecule has 0 saturated carbocycles. The molecule has 1 atom stereocenters. The van der Waals surface area contributed by atoms with Gasteiger partial charge in [0.05, 0.1) is 23.0 Å². The topological polar surface area (TPSA) is 29.9 Å². The molecule has 1 aromatic carbocycles. The van der Waals surface area contributed by atoms with Crippen molar-refractivity contribution in [2.45, 2.75) is 13.0 Å². The smallest absolute Gasteiger partial charge is 0.134 e. The van der Waals surface area contributed by atoms with Gasteiger partial charge in [-0.3, -0.25) is 4.68 Å². The number of nitrogens with zero attached hydrogens (tertiary/aromatic N) is 2. The van der Waals surface area contributed by atoms with Crippen molar-refractivity contribution in [3.05, 3.63) is 52.1 Å². The molecule has 0 radical (unpaired) electrons. The molecule has 0 spiro atoms. The van der Waals surface area contributed by atoms with Crippen LogP contribution in [0.2, 0.25) is 5.02 Å². The van der Waals surface area contributed by atoms with Crippen molar-refractivity contribution in [2.24, 2.45) is 7.05 Å². The van der Waals surface area contributed by atoms with Crippen LogP contribution in [0.3, 0.4) is 0 Å². The third-order valence-corrected chi connectivity index (χ3v) is 3.24. The molecule has 0 saturated heterocycles. The van der Waals surface area contributed by atoms with Gasteiger partial charge in [0.25, 0.3) is 0 Å². The van der Waals surface area contributed by atoms with Crippen molar-refractivity contribution in [3.8, 4) is 0 Å². The fourth-order valence-corrected chi connectivity index (χ4v) is 2.39. The molecule has 0 fully saturated rings. The van der Waals surface area contributed by atoms with Crippen molar-refractivity contribution < 1.29 is 13.2 Å². The summed E-state index contributed by atoms with van der Waals surface area (Å²) >= 11 is 6.02. The fraction of sp³-hybridized carbons (Fsp3) is 0.308. The van der Waals surface area contributed by atoms with Crippen LogP contribution in [0, 0.1) is 17.5 Å². The van der Waals surface area contributed by atoms with Gasteiger partial charge in [0.1, 0.15) is 17.5 Å². The second-order valence-corrected chi connectivity index (χ2v) is 4.68. The van der Waals surface area contributed by atoms with E-state index in [0.717, 1.165) is 0 Å². The summed E-state index contributed by atoms with van der Waals surface area (Å²) in [7, 11) is 1.62. The lowest BCUT2D eigenvalue weighted by Crippen LogP contribution is -2.26. The Morgan fingerprint density at radius 3 is 2.35 bits per heavy atom. The number of nitrogens with one attached hydrogen (secondary N) is 1. The van der Waals surface area contributed by atoms with E-state index in [1.165, 1.54) is 10.9 Å². The molecule has 3 nitrogen and oxygen atoms in total. The Labute approximate surface area is 119 Å². The van der Waals surface area contributed by atoms with Gasteiger partial charge in [0.2, 0.25) is 0 Å². The molecule has 2 aromatic rings. The second kappa shape index (κ2) is 5.85. The van der Waals surface area contributed by atoms with E-state index in [9.17, 15) is 13.2 Å². The Bertz CT molecular complexity index is 585.